The standard InChI is InChI=1S/C23H24N4OS2/c1-14(2)22(28)25-17-10-9-16(13-15(17)3)27-21(19-8-6-12-30-19)20(26-23(27)29)18-7-4-5-11-24-18/h4-14,20-21H,1-3H3,(H,25,28)(H,26,29)/t20-,21-/m0/s1. The Morgan fingerprint density at radius 2 is 2.07 bits per heavy atom. The van der Waals surface area contributed by atoms with Crippen LogP contribution in [-0.4, -0.2) is 16.0 Å². The summed E-state index contributed by atoms with van der Waals surface area (Å²) in [7, 11) is 0. The normalized spacial score (nSPS) is 18.5. The SMILES string of the molecule is Cc1cc(N2C(=S)N[C@@H](c3ccccn3)[C@@H]2c2cccs2)ccc1NC(=O)C(C)C. The van der Waals surface area contributed by atoms with Crippen LogP contribution in [0.3, 0.4) is 0 Å². The molecule has 3 heterocycles. The maximum absolute atomic E-state index is 12.1. The van der Waals surface area contributed by atoms with E-state index in [9.17, 15) is 4.79 Å². The van der Waals surface area contributed by atoms with Crippen LogP contribution in [0.1, 0.15) is 42.1 Å². The van der Waals surface area contributed by atoms with Crippen molar-refractivity contribution in [1.29, 1.82) is 0 Å². The number of anilines is 2. The van der Waals surface area contributed by atoms with Crippen LogP contribution in [0.2, 0.25) is 0 Å². The Bertz CT molecular complexity index is 1050. The van der Waals surface area contributed by atoms with Gasteiger partial charge in [-0.25, -0.2) is 0 Å². The maximum Gasteiger partial charge on any atom is 0.226 e. The molecule has 5 nitrogen and oxygen atoms in total. The van der Waals surface area contributed by atoms with Gasteiger partial charge in [-0.05, 0) is 66.5 Å². The number of carbonyl (C=O) groups excluding carboxylic acids is 1. The zero-order valence-corrected chi connectivity index (χ0v) is 18.8. The second-order valence-electron chi connectivity index (χ2n) is 7.66. The molecule has 2 N–H and O–H groups in total. The van der Waals surface area contributed by atoms with Crippen molar-refractivity contribution < 1.29 is 4.79 Å². The summed E-state index contributed by atoms with van der Waals surface area (Å²) in [5.41, 5.74) is 3.77. The van der Waals surface area contributed by atoms with Crippen LogP contribution in [0.5, 0.6) is 0 Å². The van der Waals surface area contributed by atoms with Gasteiger partial charge in [-0.1, -0.05) is 26.0 Å². The van der Waals surface area contributed by atoms with Crippen molar-refractivity contribution in [2.75, 3.05) is 10.2 Å². The molecule has 1 aromatic carbocycles. The fourth-order valence-electron chi connectivity index (χ4n) is 3.60. The lowest BCUT2D eigenvalue weighted by Gasteiger charge is -2.27. The maximum atomic E-state index is 12.1. The molecule has 3 aromatic rings. The van der Waals surface area contributed by atoms with Crippen LogP contribution < -0.4 is 15.5 Å². The highest BCUT2D eigenvalue weighted by Crippen LogP contribution is 2.43. The van der Waals surface area contributed by atoms with Gasteiger partial charge in [0.05, 0.1) is 17.8 Å². The van der Waals surface area contributed by atoms with E-state index in [2.05, 4.69) is 44.1 Å². The number of carbonyl (C=O) groups is 1. The first-order chi connectivity index (χ1) is 14.5. The average molecular weight is 437 g/mol. The minimum atomic E-state index is -0.0678. The second-order valence-corrected chi connectivity index (χ2v) is 9.02. The summed E-state index contributed by atoms with van der Waals surface area (Å²) in [5.74, 6) is -0.0577. The Balaban J connectivity index is 1.71. The van der Waals surface area contributed by atoms with Crippen molar-refractivity contribution in [3.05, 3.63) is 76.2 Å². The lowest BCUT2D eigenvalue weighted by atomic mass is 10.0. The number of pyridine rings is 1. The first kappa shape index (κ1) is 20.5. The topological polar surface area (TPSA) is 57.3 Å². The molecular weight excluding hydrogens is 412 g/mol. The number of benzene rings is 1. The van der Waals surface area contributed by atoms with Gasteiger partial charge in [0.1, 0.15) is 0 Å². The van der Waals surface area contributed by atoms with Crippen LogP contribution in [0.15, 0.2) is 60.1 Å². The summed E-state index contributed by atoms with van der Waals surface area (Å²) in [6.07, 6.45) is 1.81. The molecule has 0 saturated carbocycles. The lowest BCUT2D eigenvalue weighted by Crippen LogP contribution is -2.29. The van der Waals surface area contributed by atoms with E-state index in [-0.39, 0.29) is 23.9 Å². The Morgan fingerprint density at radius 1 is 1.23 bits per heavy atom. The quantitative estimate of drug-likeness (QED) is 0.537. The molecule has 0 spiro atoms. The Hall–Kier alpha value is -2.77. The van der Waals surface area contributed by atoms with Crippen LogP contribution in [0.4, 0.5) is 11.4 Å². The number of thiocarbonyl (C=S) groups is 1. The van der Waals surface area contributed by atoms with Gasteiger partial charge in [0, 0.05) is 28.4 Å². The highest BCUT2D eigenvalue weighted by atomic mass is 32.1. The van der Waals surface area contributed by atoms with Gasteiger partial charge < -0.3 is 15.5 Å². The zero-order chi connectivity index (χ0) is 21.3. The molecule has 0 unspecified atom stereocenters. The summed E-state index contributed by atoms with van der Waals surface area (Å²) in [4.78, 5) is 20.0. The van der Waals surface area contributed by atoms with Crippen LogP contribution >= 0.6 is 23.6 Å². The number of nitrogens with one attached hydrogen (secondary N) is 2. The molecule has 2 atom stereocenters. The van der Waals surface area contributed by atoms with Crippen LogP contribution in [-0.2, 0) is 4.79 Å². The van der Waals surface area contributed by atoms with E-state index >= 15 is 0 Å². The first-order valence-electron chi connectivity index (χ1n) is 9.91. The van der Waals surface area contributed by atoms with E-state index in [4.69, 9.17) is 12.2 Å². The van der Waals surface area contributed by atoms with E-state index in [1.807, 2.05) is 57.3 Å². The highest BCUT2D eigenvalue weighted by Gasteiger charge is 2.41. The van der Waals surface area contributed by atoms with Crippen molar-refractivity contribution in [2.24, 2.45) is 5.92 Å². The molecule has 0 aliphatic carbocycles. The summed E-state index contributed by atoms with van der Waals surface area (Å²) in [6, 6.07) is 16.1. The smallest absolute Gasteiger partial charge is 0.226 e. The molecule has 1 amide bonds. The fourth-order valence-corrected chi connectivity index (χ4v) is 4.79. The van der Waals surface area contributed by atoms with Crippen molar-refractivity contribution >= 4 is 45.9 Å². The molecule has 1 fully saturated rings. The van der Waals surface area contributed by atoms with Crippen LogP contribution in [0.25, 0.3) is 0 Å². The van der Waals surface area contributed by atoms with Gasteiger partial charge in [0.15, 0.2) is 5.11 Å². The molecule has 0 bridgehead atoms. The fraction of sp³-hybridized carbons (Fsp3) is 0.261. The van der Waals surface area contributed by atoms with Gasteiger partial charge in [0.2, 0.25) is 5.91 Å². The average Bonchev–Trinajstić information content (AvgIpc) is 3.37. The minimum absolute atomic E-state index is 0.00269. The molecule has 4 rings (SSSR count). The largest absolute Gasteiger partial charge is 0.351 e. The summed E-state index contributed by atoms with van der Waals surface area (Å²) >= 11 is 7.46. The van der Waals surface area contributed by atoms with Gasteiger partial charge >= 0.3 is 0 Å². The molecule has 1 aliphatic rings. The molecule has 154 valence electrons. The summed E-state index contributed by atoms with van der Waals surface area (Å²) < 4.78 is 0. The third kappa shape index (κ3) is 3.95. The van der Waals surface area contributed by atoms with E-state index < -0.39 is 0 Å². The van der Waals surface area contributed by atoms with Gasteiger partial charge in [-0.2, -0.15) is 0 Å². The number of aryl methyl sites for hydroxylation is 1. The Labute approximate surface area is 186 Å². The molecule has 1 aliphatic heterocycles. The lowest BCUT2D eigenvalue weighted by molar-refractivity contribution is -0.118. The molecule has 30 heavy (non-hydrogen) atoms. The van der Waals surface area contributed by atoms with Gasteiger partial charge in [0.25, 0.3) is 0 Å². The molecular formula is C23H24N4OS2. The number of aromatic nitrogens is 1. The monoisotopic (exact) mass is 436 g/mol. The third-order valence-electron chi connectivity index (χ3n) is 5.20. The van der Waals surface area contributed by atoms with Gasteiger partial charge in [-0.15, -0.1) is 11.3 Å². The predicted octanol–water partition coefficient (Wildman–Crippen LogP) is 5.22. The number of hydrogen-bond acceptors (Lipinski definition) is 4. The Kier molecular flexibility index (Phi) is 5.83. The number of nitrogens with zero attached hydrogens (tertiary/aromatic N) is 2. The second kappa shape index (κ2) is 8.53. The third-order valence-corrected chi connectivity index (χ3v) is 6.46. The van der Waals surface area contributed by atoms with E-state index in [0.717, 1.165) is 22.6 Å². The zero-order valence-electron chi connectivity index (χ0n) is 17.1. The van der Waals surface area contributed by atoms with Crippen molar-refractivity contribution in [2.45, 2.75) is 32.9 Å². The van der Waals surface area contributed by atoms with Crippen LogP contribution in [0, 0.1) is 12.8 Å². The Morgan fingerprint density at radius 3 is 2.70 bits per heavy atom. The number of amides is 1. The summed E-state index contributed by atoms with van der Waals surface area (Å²) in [6.45, 7) is 5.77. The number of hydrogen-bond donors (Lipinski definition) is 2. The van der Waals surface area contributed by atoms with E-state index in [1.165, 1.54) is 4.88 Å². The number of rotatable bonds is 5. The summed E-state index contributed by atoms with van der Waals surface area (Å²) in [5, 5.41) is 9.22. The predicted molar refractivity (Wildman–Crippen MR) is 127 cm³/mol. The van der Waals surface area contributed by atoms with E-state index in [1.54, 1.807) is 11.3 Å². The van der Waals surface area contributed by atoms with E-state index in [0.29, 0.717) is 5.11 Å². The van der Waals surface area contributed by atoms with Crippen molar-refractivity contribution in [3.8, 4) is 0 Å². The highest BCUT2D eigenvalue weighted by molar-refractivity contribution is 7.80. The van der Waals surface area contributed by atoms with Crippen molar-refractivity contribution in [1.82, 2.24) is 10.3 Å². The first-order valence-corrected chi connectivity index (χ1v) is 11.2. The molecule has 7 heteroatoms. The molecule has 1 saturated heterocycles. The van der Waals surface area contributed by atoms with Gasteiger partial charge in [-0.3, -0.25) is 9.78 Å². The van der Waals surface area contributed by atoms with Crippen molar-refractivity contribution in [3.63, 3.8) is 0 Å². The minimum Gasteiger partial charge on any atom is -0.351 e. The molecule has 2 aromatic heterocycles. The number of thiophene rings is 1. The molecule has 0 radical (unpaired) electrons.